The molecule has 2 aromatic rings. The maximum Gasteiger partial charge on any atom is 0.124 e. The Labute approximate surface area is 120 Å². The van der Waals surface area contributed by atoms with Crippen molar-refractivity contribution >= 4 is 0 Å². The predicted octanol–water partition coefficient (Wildman–Crippen LogP) is 3.88. The van der Waals surface area contributed by atoms with Crippen LogP contribution in [-0.2, 0) is 0 Å². The molecular weight excluding hydrogens is 250 g/mol. The number of furan rings is 1. The topological polar surface area (TPSA) is 48.4 Å². The van der Waals surface area contributed by atoms with Crippen molar-refractivity contribution in [1.82, 2.24) is 0 Å². The first-order valence-corrected chi connectivity index (χ1v) is 6.84. The number of hydrogen-bond donors (Lipinski definition) is 1. The summed E-state index contributed by atoms with van der Waals surface area (Å²) < 4.78 is 11.1. The second kappa shape index (κ2) is 5.33. The van der Waals surface area contributed by atoms with Crippen molar-refractivity contribution in [2.24, 2.45) is 5.73 Å². The highest BCUT2D eigenvalue weighted by molar-refractivity contribution is 5.48. The normalized spacial score (nSPS) is 12.6. The van der Waals surface area contributed by atoms with E-state index in [1.807, 2.05) is 27.7 Å². The minimum atomic E-state index is -0.171. The summed E-state index contributed by atoms with van der Waals surface area (Å²) in [6.07, 6.45) is 0. The van der Waals surface area contributed by atoms with Gasteiger partial charge in [-0.3, -0.25) is 0 Å². The van der Waals surface area contributed by atoms with Crippen LogP contribution in [0.15, 0.2) is 16.5 Å². The van der Waals surface area contributed by atoms with Crippen LogP contribution >= 0.6 is 0 Å². The molecule has 1 aromatic heterocycles. The molecule has 108 valence electrons. The first-order chi connectivity index (χ1) is 9.36. The number of rotatable bonds is 3. The summed E-state index contributed by atoms with van der Waals surface area (Å²) in [7, 11) is 1.70. The predicted molar refractivity (Wildman–Crippen MR) is 81.4 cm³/mol. The quantitative estimate of drug-likeness (QED) is 0.923. The Balaban J connectivity index is 2.51. The maximum atomic E-state index is 6.46. The average molecular weight is 273 g/mol. The van der Waals surface area contributed by atoms with Gasteiger partial charge in [0.1, 0.15) is 17.3 Å². The monoisotopic (exact) mass is 273 g/mol. The first kappa shape index (κ1) is 14.7. The summed E-state index contributed by atoms with van der Waals surface area (Å²) in [4.78, 5) is 0. The third kappa shape index (κ3) is 2.34. The van der Waals surface area contributed by atoms with Crippen molar-refractivity contribution in [3.05, 3.63) is 51.5 Å². The van der Waals surface area contributed by atoms with Crippen molar-refractivity contribution < 1.29 is 9.15 Å². The van der Waals surface area contributed by atoms with Crippen LogP contribution in [0, 0.1) is 34.6 Å². The fourth-order valence-corrected chi connectivity index (χ4v) is 2.92. The van der Waals surface area contributed by atoms with Crippen LogP contribution in [0.5, 0.6) is 5.75 Å². The fourth-order valence-electron chi connectivity index (χ4n) is 2.92. The fraction of sp³-hybridized carbons (Fsp3) is 0.412. The number of nitrogens with two attached hydrogens (primary N) is 1. The lowest BCUT2D eigenvalue weighted by atomic mass is 9.93. The molecule has 0 bridgehead atoms. The van der Waals surface area contributed by atoms with Gasteiger partial charge in [-0.05, 0) is 56.9 Å². The number of hydrogen-bond acceptors (Lipinski definition) is 3. The van der Waals surface area contributed by atoms with Crippen LogP contribution in [0.1, 0.15) is 45.4 Å². The molecular formula is C17H23NO2. The van der Waals surface area contributed by atoms with E-state index in [1.54, 1.807) is 7.11 Å². The molecule has 2 rings (SSSR count). The average Bonchev–Trinajstić information content (AvgIpc) is 2.62. The Bertz CT molecular complexity index is 618. The lowest BCUT2D eigenvalue weighted by Crippen LogP contribution is -2.14. The van der Waals surface area contributed by atoms with Crippen LogP contribution in [0.25, 0.3) is 0 Å². The van der Waals surface area contributed by atoms with Gasteiger partial charge >= 0.3 is 0 Å². The van der Waals surface area contributed by atoms with E-state index in [0.29, 0.717) is 0 Å². The van der Waals surface area contributed by atoms with Crippen molar-refractivity contribution in [1.29, 1.82) is 0 Å². The third-order valence-electron chi connectivity index (χ3n) is 3.97. The molecule has 1 heterocycles. The minimum Gasteiger partial charge on any atom is -0.496 e. The second-order valence-corrected chi connectivity index (χ2v) is 5.42. The summed E-state index contributed by atoms with van der Waals surface area (Å²) in [6.45, 7) is 10.1. The Hall–Kier alpha value is -1.74. The number of methoxy groups -OCH3 is 1. The SMILES string of the molecule is COc1c(C)cc(C(N)c2c(C)oc(C)c2C)cc1C. The number of aryl methyl sites for hydroxylation is 4. The van der Waals surface area contributed by atoms with Gasteiger partial charge in [-0.2, -0.15) is 0 Å². The molecule has 0 saturated heterocycles. The lowest BCUT2D eigenvalue weighted by molar-refractivity contribution is 0.408. The Morgan fingerprint density at radius 1 is 1.00 bits per heavy atom. The van der Waals surface area contributed by atoms with E-state index in [2.05, 4.69) is 19.1 Å². The minimum absolute atomic E-state index is 0.171. The standard InChI is InChI=1S/C17H23NO2/c1-9-7-14(8-10(2)17(9)19-6)16(18)15-11(3)12(4)20-13(15)5/h7-8,16H,18H2,1-6H3. The third-order valence-corrected chi connectivity index (χ3v) is 3.97. The summed E-state index contributed by atoms with van der Waals surface area (Å²) in [6, 6.07) is 4.02. The van der Waals surface area contributed by atoms with E-state index in [0.717, 1.165) is 45.1 Å². The van der Waals surface area contributed by atoms with Crippen LogP contribution < -0.4 is 10.5 Å². The lowest BCUT2D eigenvalue weighted by Gasteiger charge is -2.17. The smallest absolute Gasteiger partial charge is 0.124 e. The zero-order valence-corrected chi connectivity index (χ0v) is 13.1. The largest absolute Gasteiger partial charge is 0.496 e. The van der Waals surface area contributed by atoms with Crippen LogP contribution in [0.4, 0.5) is 0 Å². The van der Waals surface area contributed by atoms with E-state index in [1.165, 1.54) is 0 Å². The van der Waals surface area contributed by atoms with Crippen LogP contribution in [0.3, 0.4) is 0 Å². The summed E-state index contributed by atoms with van der Waals surface area (Å²) in [5.41, 5.74) is 12.0. The van der Waals surface area contributed by atoms with Gasteiger partial charge in [0.2, 0.25) is 0 Å². The molecule has 1 aromatic carbocycles. The van der Waals surface area contributed by atoms with Gasteiger partial charge in [0.05, 0.1) is 13.2 Å². The summed E-state index contributed by atoms with van der Waals surface area (Å²) in [5.74, 6) is 2.77. The van der Waals surface area contributed by atoms with Gasteiger partial charge in [0.15, 0.2) is 0 Å². The maximum absolute atomic E-state index is 6.46. The van der Waals surface area contributed by atoms with Crippen molar-refractivity contribution in [3.8, 4) is 5.75 Å². The van der Waals surface area contributed by atoms with E-state index < -0.39 is 0 Å². The van der Waals surface area contributed by atoms with Crippen molar-refractivity contribution in [2.45, 2.75) is 40.7 Å². The van der Waals surface area contributed by atoms with Crippen LogP contribution in [-0.4, -0.2) is 7.11 Å². The molecule has 3 nitrogen and oxygen atoms in total. The molecule has 0 aliphatic carbocycles. The molecule has 3 heteroatoms. The highest BCUT2D eigenvalue weighted by atomic mass is 16.5. The first-order valence-electron chi connectivity index (χ1n) is 6.84. The molecule has 0 fully saturated rings. The molecule has 1 unspecified atom stereocenters. The molecule has 1 atom stereocenters. The van der Waals surface area contributed by atoms with Gasteiger partial charge in [-0.1, -0.05) is 12.1 Å². The van der Waals surface area contributed by atoms with Gasteiger partial charge in [-0.15, -0.1) is 0 Å². The van der Waals surface area contributed by atoms with E-state index in [9.17, 15) is 0 Å². The van der Waals surface area contributed by atoms with Crippen LogP contribution in [0.2, 0.25) is 0 Å². The molecule has 0 aliphatic rings. The van der Waals surface area contributed by atoms with Crippen molar-refractivity contribution in [2.75, 3.05) is 7.11 Å². The van der Waals surface area contributed by atoms with Gasteiger partial charge < -0.3 is 14.9 Å². The van der Waals surface area contributed by atoms with Crippen molar-refractivity contribution in [3.63, 3.8) is 0 Å². The Morgan fingerprint density at radius 3 is 1.95 bits per heavy atom. The number of benzene rings is 1. The van der Waals surface area contributed by atoms with Gasteiger partial charge in [0, 0.05) is 5.56 Å². The Morgan fingerprint density at radius 2 is 1.55 bits per heavy atom. The highest BCUT2D eigenvalue weighted by Gasteiger charge is 2.20. The zero-order chi connectivity index (χ0) is 15.0. The molecule has 0 saturated carbocycles. The summed E-state index contributed by atoms with van der Waals surface area (Å²) >= 11 is 0. The van der Waals surface area contributed by atoms with Gasteiger partial charge in [-0.25, -0.2) is 0 Å². The molecule has 2 N–H and O–H groups in total. The van der Waals surface area contributed by atoms with E-state index >= 15 is 0 Å². The highest BCUT2D eigenvalue weighted by Crippen LogP contribution is 2.33. The molecule has 0 radical (unpaired) electrons. The number of ether oxygens (including phenoxy) is 1. The molecule has 0 amide bonds. The van der Waals surface area contributed by atoms with E-state index in [4.69, 9.17) is 14.9 Å². The van der Waals surface area contributed by atoms with Gasteiger partial charge in [0.25, 0.3) is 0 Å². The molecule has 20 heavy (non-hydrogen) atoms. The zero-order valence-electron chi connectivity index (χ0n) is 13.1. The second-order valence-electron chi connectivity index (χ2n) is 5.42. The molecule has 0 spiro atoms. The van der Waals surface area contributed by atoms with E-state index in [-0.39, 0.29) is 6.04 Å². The Kier molecular flexibility index (Phi) is 3.91. The molecule has 0 aliphatic heterocycles. The summed E-state index contributed by atoms with van der Waals surface area (Å²) in [5, 5.41) is 0.